The Kier molecular flexibility index (Phi) is 12.1. The fraction of sp³-hybridized carbons (Fsp3) is 0.708. The van der Waals surface area contributed by atoms with Crippen LogP contribution in [0.15, 0.2) is 29.2 Å². The second-order valence-corrected chi connectivity index (χ2v) is 10.00. The number of nitrogens with zero attached hydrogens (tertiary/aromatic N) is 1. The Labute approximate surface area is 196 Å². The van der Waals surface area contributed by atoms with Gasteiger partial charge in [0.05, 0.1) is 29.0 Å². The monoisotopic (exact) mass is 465 g/mol. The van der Waals surface area contributed by atoms with Gasteiger partial charge in [-0.1, -0.05) is 45.2 Å². The zero-order valence-electron chi connectivity index (χ0n) is 19.5. The van der Waals surface area contributed by atoms with Gasteiger partial charge >= 0.3 is 0 Å². The number of para-hydroxylation sites is 1. The number of nitrogens with two attached hydrogens (primary N) is 1. The van der Waals surface area contributed by atoms with Crippen molar-refractivity contribution in [2.24, 2.45) is 5.92 Å². The number of quaternary nitrogens is 1. The van der Waals surface area contributed by atoms with Crippen LogP contribution in [0.25, 0.3) is 0 Å². The van der Waals surface area contributed by atoms with E-state index in [1.807, 2.05) is 6.92 Å². The lowest BCUT2D eigenvalue weighted by Gasteiger charge is -2.27. The smallest absolute Gasteiger partial charge is 0.284 e. The summed E-state index contributed by atoms with van der Waals surface area (Å²) in [6, 6.07) is 7.31. The summed E-state index contributed by atoms with van der Waals surface area (Å²) in [4.78, 5) is 21.7. The third-order valence-corrected chi connectivity index (χ3v) is 7.61. The highest BCUT2D eigenvalue weighted by molar-refractivity contribution is 7.97. The molecule has 2 aliphatic rings. The molecule has 0 bridgehead atoms. The third-order valence-electron chi connectivity index (χ3n) is 6.67. The van der Waals surface area contributed by atoms with Gasteiger partial charge in [0.15, 0.2) is 0 Å². The Balaban J connectivity index is 0.000000242. The zero-order valence-corrected chi connectivity index (χ0v) is 20.3. The molecule has 0 aliphatic heterocycles. The van der Waals surface area contributed by atoms with E-state index in [2.05, 4.69) is 10.0 Å². The van der Waals surface area contributed by atoms with E-state index in [1.54, 1.807) is 25.1 Å². The number of benzene rings is 1. The maximum absolute atomic E-state index is 11.0. The molecule has 2 atom stereocenters. The number of aliphatic carboxylic acids is 1. The van der Waals surface area contributed by atoms with E-state index in [0.29, 0.717) is 11.3 Å². The number of hydrogen-bond acceptors (Lipinski definition) is 6. The molecule has 180 valence electrons. The molecule has 2 fully saturated rings. The normalized spacial score (nSPS) is 19.4. The molecule has 0 aromatic heterocycles. The average molecular weight is 466 g/mol. The molecule has 0 amide bonds. The second kappa shape index (κ2) is 14.5. The lowest BCUT2D eigenvalue weighted by Crippen LogP contribution is -2.95. The van der Waals surface area contributed by atoms with E-state index in [-0.39, 0.29) is 11.6 Å². The summed E-state index contributed by atoms with van der Waals surface area (Å²) in [5.41, 5.74) is -0.0544. The van der Waals surface area contributed by atoms with Crippen molar-refractivity contribution in [2.45, 2.75) is 107 Å². The molecule has 8 heteroatoms. The van der Waals surface area contributed by atoms with Gasteiger partial charge in [-0.3, -0.25) is 14.8 Å². The molecule has 0 radical (unpaired) electrons. The van der Waals surface area contributed by atoms with Gasteiger partial charge in [-0.15, -0.1) is 0 Å². The maximum Gasteiger partial charge on any atom is 0.284 e. The van der Waals surface area contributed by atoms with E-state index in [0.717, 1.165) is 24.0 Å². The third kappa shape index (κ3) is 9.08. The number of carbonyl (C=O) groups is 1. The molecule has 3 N–H and O–H groups in total. The van der Waals surface area contributed by atoms with Gasteiger partial charge in [-0.25, -0.2) is 0 Å². The summed E-state index contributed by atoms with van der Waals surface area (Å²) in [7, 11) is 0. The first kappa shape index (κ1) is 26.6. The summed E-state index contributed by atoms with van der Waals surface area (Å²) in [6.45, 7) is 3.66. The zero-order chi connectivity index (χ0) is 23.3. The molecule has 7 nitrogen and oxygen atoms in total. The number of carboxylic acids is 1. The van der Waals surface area contributed by atoms with Crippen LogP contribution in [0.3, 0.4) is 0 Å². The lowest BCUT2D eigenvalue weighted by molar-refractivity contribution is -0.725. The lowest BCUT2D eigenvalue weighted by atomic mass is 9.91. The van der Waals surface area contributed by atoms with Crippen LogP contribution in [0.5, 0.6) is 0 Å². The predicted octanol–water partition coefficient (Wildman–Crippen LogP) is 3.57. The van der Waals surface area contributed by atoms with Gasteiger partial charge in [0, 0.05) is 6.07 Å². The van der Waals surface area contributed by atoms with E-state index >= 15 is 0 Å². The summed E-state index contributed by atoms with van der Waals surface area (Å²) in [5, 5.41) is 24.6. The number of nitro benzene ring substituents is 1. The Morgan fingerprint density at radius 1 is 1.09 bits per heavy atom. The number of hydrogen-bond donors (Lipinski definition) is 2. The van der Waals surface area contributed by atoms with E-state index in [9.17, 15) is 20.0 Å². The van der Waals surface area contributed by atoms with Crippen molar-refractivity contribution in [1.29, 1.82) is 0 Å². The molecular formula is C24H39N3O4S. The summed E-state index contributed by atoms with van der Waals surface area (Å²) >= 11 is 0.943. The molecule has 0 heterocycles. The van der Waals surface area contributed by atoms with E-state index < -0.39 is 16.9 Å². The van der Waals surface area contributed by atoms with Crippen LogP contribution in [0.4, 0.5) is 5.69 Å². The minimum atomic E-state index is -1.21. The highest BCUT2D eigenvalue weighted by Crippen LogP contribution is 2.27. The Bertz CT molecular complexity index is 690. The maximum atomic E-state index is 11.0. The van der Waals surface area contributed by atoms with Crippen molar-refractivity contribution in [3.8, 4) is 0 Å². The number of nitrogens with one attached hydrogen (secondary N) is 1. The molecular weight excluding hydrogens is 426 g/mol. The molecule has 0 saturated heterocycles. The van der Waals surface area contributed by atoms with Crippen molar-refractivity contribution in [3.05, 3.63) is 34.4 Å². The second-order valence-electron chi connectivity index (χ2n) is 9.12. The summed E-state index contributed by atoms with van der Waals surface area (Å²) < 4.78 is 2.73. The highest BCUT2D eigenvalue weighted by atomic mass is 32.2. The molecule has 2 saturated carbocycles. The van der Waals surface area contributed by atoms with Crippen LogP contribution in [-0.2, 0) is 4.79 Å². The number of nitro groups is 1. The summed E-state index contributed by atoms with van der Waals surface area (Å²) in [6.07, 6.45) is 15.6. The standard InChI is InChI=1S/C12H16N2O4S.C12H23N/c1-3-8(2)11(12(15)16)13-19-10-7-5-4-6-9(10)14(17)18;1-3-7-11(8-4-1)13-12-9-5-2-6-10-12/h4-8,11,13H,3H2,1-2H3,(H,15,16);11-13H,1-10H2. The molecule has 0 spiro atoms. The van der Waals surface area contributed by atoms with Crippen LogP contribution in [0, 0.1) is 16.0 Å². The Morgan fingerprint density at radius 2 is 1.62 bits per heavy atom. The minimum Gasteiger partial charge on any atom is -0.548 e. The topological polar surface area (TPSA) is 112 Å². The Morgan fingerprint density at radius 3 is 2.09 bits per heavy atom. The predicted molar refractivity (Wildman–Crippen MR) is 126 cm³/mol. The van der Waals surface area contributed by atoms with Crippen molar-refractivity contribution in [3.63, 3.8) is 0 Å². The van der Waals surface area contributed by atoms with Crippen LogP contribution in [0.1, 0.15) is 84.5 Å². The van der Waals surface area contributed by atoms with Gasteiger partial charge in [-0.05, 0) is 75.3 Å². The van der Waals surface area contributed by atoms with Crippen LogP contribution in [0.2, 0.25) is 0 Å². The molecule has 32 heavy (non-hydrogen) atoms. The SMILES string of the molecule is C1CCC([NH2+]C2CCCCC2)CC1.CCC(C)C(NSc1ccccc1[N+](=O)[O-])C(=O)[O-]. The van der Waals surface area contributed by atoms with Crippen molar-refractivity contribution in [1.82, 2.24) is 4.72 Å². The average Bonchev–Trinajstić information content (AvgIpc) is 2.80. The van der Waals surface area contributed by atoms with Crippen LogP contribution >= 0.6 is 11.9 Å². The molecule has 1 aromatic carbocycles. The van der Waals surface area contributed by atoms with Crippen molar-refractivity contribution >= 4 is 23.6 Å². The number of carboxylic acid groups (broad SMARTS) is 1. The quantitative estimate of drug-likeness (QED) is 0.328. The minimum absolute atomic E-state index is 0.0544. The first-order chi connectivity index (χ1) is 15.4. The van der Waals surface area contributed by atoms with Crippen molar-refractivity contribution < 1.29 is 20.1 Å². The molecule has 3 rings (SSSR count). The van der Waals surface area contributed by atoms with Crippen LogP contribution in [-0.4, -0.2) is 29.0 Å². The number of rotatable bonds is 9. The van der Waals surface area contributed by atoms with Crippen molar-refractivity contribution in [2.75, 3.05) is 0 Å². The van der Waals surface area contributed by atoms with Gasteiger partial charge in [0.25, 0.3) is 5.69 Å². The van der Waals surface area contributed by atoms with Gasteiger partial charge < -0.3 is 15.2 Å². The number of carbonyl (C=O) groups excluding carboxylic acids is 1. The molecule has 1 aromatic rings. The van der Waals surface area contributed by atoms with Gasteiger partial charge in [-0.2, -0.15) is 0 Å². The largest absolute Gasteiger partial charge is 0.548 e. The fourth-order valence-electron chi connectivity index (χ4n) is 4.49. The van der Waals surface area contributed by atoms with Gasteiger partial charge in [0.1, 0.15) is 4.90 Å². The highest BCUT2D eigenvalue weighted by Gasteiger charge is 2.23. The Hall–Kier alpha value is -1.64. The van der Waals surface area contributed by atoms with E-state index in [4.69, 9.17) is 0 Å². The van der Waals surface area contributed by atoms with E-state index in [1.165, 1.54) is 70.3 Å². The molecule has 2 unspecified atom stereocenters. The van der Waals surface area contributed by atoms with Gasteiger partial charge in [0.2, 0.25) is 0 Å². The summed E-state index contributed by atoms with van der Waals surface area (Å²) in [5.74, 6) is -1.33. The first-order valence-electron chi connectivity index (χ1n) is 12.1. The van der Waals surface area contributed by atoms with Crippen LogP contribution < -0.4 is 15.1 Å². The molecule has 2 aliphatic carbocycles. The first-order valence-corrected chi connectivity index (χ1v) is 13.0. The fourth-order valence-corrected chi connectivity index (χ4v) is 5.47.